The molecular weight excluding hydrogens is 647 g/mol. The van der Waals surface area contributed by atoms with Crippen LogP contribution in [-0.2, 0) is 5.41 Å². The molecule has 5 aliphatic carbocycles. The van der Waals surface area contributed by atoms with Gasteiger partial charge in [0, 0.05) is 42.6 Å². The first-order chi connectivity index (χ1) is 25.7. The summed E-state index contributed by atoms with van der Waals surface area (Å²) in [6.45, 7) is 0. The van der Waals surface area contributed by atoms with E-state index in [1.165, 1.54) is 102 Å². The van der Waals surface area contributed by atoms with Crippen LogP contribution in [-0.4, -0.2) is 0 Å². The number of hydrogen-bond donors (Lipinski definition) is 0. The van der Waals surface area contributed by atoms with Crippen molar-refractivity contribution in [3.8, 4) is 22.3 Å². The Morgan fingerprint density at radius 1 is 0.442 bits per heavy atom. The van der Waals surface area contributed by atoms with E-state index in [1.54, 1.807) is 11.1 Å². The molecule has 52 heavy (non-hydrogen) atoms. The molecule has 250 valence electrons. The van der Waals surface area contributed by atoms with Crippen LogP contribution in [0.1, 0.15) is 43.2 Å². The van der Waals surface area contributed by atoms with Gasteiger partial charge in [0.15, 0.2) is 0 Å². The molecule has 4 fully saturated rings. The van der Waals surface area contributed by atoms with E-state index in [4.69, 9.17) is 0 Å². The fraction of sp³-hybridized carbons (Fsp3) is 0.200. The molecule has 1 spiro atoms. The second-order valence-electron chi connectivity index (χ2n) is 16.2. The molecule has 0 amide bonds. The van der Waals surface area contributed by atoms with E-state index < -0.39 is 0 Å². The SMILES string of the molecule is c1ccc2c(c1)-c1ccc(N(c3ccc(-c4ccc5sc6ccccc6c5c4)cc3)c3ccc4ccccc4c3)cc1C21C2CC3CC(C2)CC1C3. The van der Waals surface area contributed by atoms with Gasteiger partial charge in [0.25, 0.3) is 0 Å². The van der Waals surface area contributed by atoms with Gasteiger partial charge in [-0.1, -0.05) is 97.1 Å². The lowest BCUT2D eigenvalue weighted by molar-refractivity contribution is -0.0399. The Hall–Kier alpha value is -5.18. The van der Waals surface area contributed by atoms with Crippen molar-refractivity contribution in [3.05, 3.63) is 163 Å². The minimum absolute atomic E-state index is 0.138. The van der Waals surface area contributed by atoms with Gasteiger partial charge in [0.05, 0.1) is 0 Å². The second kappa shape index (κ2) is 10.9. The van der Waals surface area contributed by atoms with E-state index in [1.807, 2.05) is 11.3 Å². The number of fused-ring (bicyclic) bond motifs is 7. The van der Waals surface area contributed by atoms with Crippen molar-refractivity contribution in [2.75, 3.05) is 4.90 Å². The van der Waals surface area contributed by atoms with Crippen molar-refractivity contribution in [1.82, 2.24) is 0 Å². The Morgan fingerprint density at radius 2 is 1.08 bits per heavy atom. The summed E-state index contributed by atoms with van der Waals surface area (Å²) in [5.74, 6) is 3.35. The summed E-state index contributed by atoms with van der Waals surface area (Å²) < 4.78 is 2.70. The Balaban J connectivity index is 1.01. The molecule has 13 rings (SSSR count). The average Bonchev–Trinajstić information content (AvgIpc) is 3.70. The maximum atomic E-state index is 2.62. The van der Waals surface area contributed by atoms with Crippen molar-refractivity contribution in [2.45, 2.75) is 37.5 Å². The first kappa shape index (κ1) is 29.4. The van der Waals surface area contributed by atoms with Gasteiger partial charge in [-0.25, -0.2) is 0 Å². The summed E-state index contributed by atoms with van der Waals surface area (Å²) in [6.07, 6.45) is 7.06. The largest absolute Gasteiger partial charge is 0.310 e. The number of thiophene rings is 1. The van der Waals surface area contributed by atoms with Crippen molar-refractivity contribution in [2.24, 2.45) is 23.7 Å². The van der Waals surface area contributed by atoms with Crippen molar-refractivity contribution in [1.29, 1.82) is 0 Å². The van der Waals surface area contributed by atoms with Crippen LogP contribution in [0.3, 0.4) is 0 Å². The molecule has 0 saturated heterocycles. The third-order valence-corrected chi connectivity index (χ3v) is 14.8. The quantitative estimate of drug-likeness (QED) is 0.178. The van der Waals surface area contributed by atoms with Crippen LogP contribution in [0.2, 0.25) is 0 Å². The Labute approximate surface area is 309 Å². The van der Waals surface area contributed by atoms with Crippen molar-refractivity contribution < 1.29 is 0 Å². The van der Waals surface area contributed by atoms with E-state index in [9.17, 15) is 0 Å². The molecule has 0 radical (unpaired) electrons. The molecular formula is C50H39NS. The highest BCUT2D eigenvalue weighted by molar-refractivity contribution is 7.25. The van der Waals surface area contributed by atoms with Crippen LogP contribution in [0.25, 0.3) is 53.2 Å². The lowest BCUT2D eigenvalue weighted by atomic mass is 9.43. The number of hydrogen-bond acceptors (Lipinski definition) is 2. The maximum absolute atomic E-state index is 2.62. The first-order valence-corrected chi connectivity index (χ1v) is 20.1. The molecule has 4 bridgehead atoms. The summed E-state index contributed by atoms with van der Waals surface area (Å²) >= 11 is 1.88. The predicted molar refractivity (Wildman–Crippen MR) is 220 cm³/mol. The smallest absolute Gasteiger partial charge is 0.0468 e. The van der Waals surface area contributed by atoms with Crippen molar-refractivity contribution >= 4 is 59.3 Å². The van der Waals surface area contributed by atoms with Crippen LogP contribution in [0.15, 0.2) is 152 Å². The topological polar surface area (TPSA) is 3.24 Å². The molecule has 0 aliphatic heterocycles. The Bertz CT molecular complexity index is 2690. The number of benzene rings is 7. The predicted octanol–water partition coefficient (Wildman–Crippen LogP) is 14.1. The van der Waals surface area contributed by atoms with E-state index >= 15 is 0 Å². The molecule has 1 nitrogen and oxygen atoms in total. The van der Waals surface area contributed by atoms with Gasteiger partial charge >= 0.3 is 0 Å². The summed E-state index contributed by atoms with van der Waals surface area (Å²) in [4.78, 5) is 2.51. The zero-order valence-electron chi connectivity index (χ0n) is 29.1. The lowest BCUT2D eigenvalue weighted by Crippen LogP contribution is -2.55. The Kier molecular flexibility index (Phi) is 6.17. The minimum Gasteiger partial charge on any atom is -0.310 e. The van der Waals surface area contributed by atoms with E-state index in [2.05, 4.69) is 157 Å². The van der Waals surface area contributed by atoms with Gasteiger partial charge < -0.3 is 4.90 Å². The fourth-order valence-corrected chi connectivity index (χ4v) is 12.8. The van der Waals surface area contributed by atoms with Gasteiger partial charge in [-0.2, -0.15) is 0 Å². The third kappa shape index (κ3) is 4.10. The zero-order valence-corrected chi connectivity index (χ0v) is 30.0. The van der Waals surface area contributed by atoms with Crippen LogP contribution in [0.4, 0.5) is 17.1 Å². The minimum atomic E-state index is 0.138. The second-order valence-corrected chi connectivity index (χ2v) is 17.3. The fourth-order valence-electron chi connectivity index (χ4n) is 11.8. The van der Waals surface area contributed by atoms with Gasteiger partial charge in [-0.05, 0) is 155 Å². The average molecular weight is 686 g/mol. The van der Waals surface area contributed by atoms with E-state index in [0.717, 1.165) is 23.7 Å². The highest BCUT2D eigenvalue weighted by Gasteiger charge is 2.61. The highest BCUT2D eigenvalue weighted by atomic mass is 32.1. The molecule has 5 aliphatic rings. The molecule has 2 heteroatoms. The van der Waals surface area contributed by atoms with Crippen LogP contribution in [0.5, 0.6) is 0 Å². The summed E-state index contributed by atoms with van der Waals surface area (Å²) in [5, 5.41) is 5.23. The van der Waals surface area contributed by atoms with Crippen LogP contribution < -0.4 is 4.90 Å². The third-order valence-electron chi connectivity index (χ3n) is 13.6. The van der Waals surface area contributed by atoms with Crippen molar-refractivity contribution in [3.63, 3.8) is 0 Å². The molecule has 7 aromatic carbocycles. The molecule has 1 heterocycles. The maximum Gasteiger partial charge on any atom is 0.0468 e. The summed E-state index contributed by atoms with van der Waals surface area (Å²) in [7, 11) is 0. The zero-order chi connectivity index (χ0) is 34.0. The molecule has 8 aromatic rings. The van der Waals surface area contributed by atoms with E-state index in [-0.39, 0.29) is 5.41 Å². The van der Waals surface area contributed by atoms with Gasteiger partial charge in [0.2, 0.25) is 0 Å². The first-order valence-electron chi connectivity index (χ1n) is 19.3. The van der Waals surface area contributed by atoms with Crippen LogP contribution >= 0.6 is 11.3 Å². The number of nitrogens with zero attached hydrogens (tertiary/aromatic N) is 1. The summed E-state index contributed by atoms with van der Waals surface area (Å²) in [6, 6.07) is 57.7. The molecule has 1 aromatic heterocycles. The van der Waals surface area contributed by atoms with Crippen LogP contribution in [0, 0.1) is 23.7 Å². The normalized spacial score (nSPS) is 23.8. The van der Waals surface area contributed by atoms with E-state index in [0.29, 0.717) is 0 Å². The number of rotatable bonds is 4. The van der Waals surface area contributed by atoms with Gasteiger partial charge in [-0.3, -0.25) is 0 Å². The van der Waals surface area contributed by atoms with Gasteiger partial charge in [-0.15, -0.1) is 11.3 Å². The Morgan fingerprint density at radius 3 is 1.92 bits per heavy atom. The molecule has 0 atom stereocenters. The summed E-state index contributed by atoms with van der Waals surface area (Å²) in [5.41, 5.74) is 12.5. The standard InChI is InChI=1S/C50H39NS/c1-2-8-35-28-40(19-15-33(35)7-1)51(39-17-13-34(14-18-39)36-16-22-49-45(29-36)44-10-4-6-12-48(44)52-49)41-20-21-43-42-9-3-5-11-46(42)50(47(43)30-41)37-24-31-23-32(26-37)27-38(50)25-31/h1-22,28-32,37-38H,23-27H2. The van der Waals surface area contributed by atoms with Gasteiger partial charge in [0.1, 0.15) is 0 Å². The monoisotopic (exact) mass is 685 g/mol. The molecule has 4 saturated carbocycles. The molecule has 0 N–H and O–H groups in total. The lowest BCUT2D eigenvalue weighted by Gasteiger charge is -2.61. The molecule has 0 unspecified atom stereocenters. The highest BCUT2D eigenvalue weighted by Crippen LogP contribution is 2.69. The number of anilines is 3.